The van der Waals surface area contributed by atoms with Gasteiger partial charge in [0.2, 0.25) is 5.91 Å². The molecular weight excluding hydrogens is 298 g/mol. The predicted molar refractivity (Wildman–Crippen MR) is 84.6 cm³/mol. The fourth-order valence-electron chi connectivity index (χ4n) is 2.73. The van der Waals surface area contributed by atoms with Gasteiger partial charge in [0.15, 0.2) is 0 Å². The molecule has 1 aliphatic heterocycles. The van der Waals surface area contributed by atoms with Crippen LogP contribution in [0.1, 0.15) is 26.2 Å². The van der Waals surface area contributed by atoms with Crippen LogP contribution in [0.5, 0.6) is 11.5 Å². The Balaban J connectivity index is 1.82. The molecule has 2 atom stereocenters. The van der Waals surface area contributed by atoms with Crippen molar-refractivity contribution in [3.8, 4) is 11.5 Å². The lowest BCUT2D eigenvalue weighted by molar-refractivity contribution is -0.147. The highest BCUT2D eigenvalue weighted by atomic mass is 16.5. The number of nitrogens with zero attached hydrogens (tertiary/aromatic N) is 1. The zero-order valence-electron chi connectivity index (χ0n) is 13.5. The summed E-state index contributed by atoms with van der Waals surface area (Å²) in [5.41, 5.74) is 0. The molecule has 1 aromatic rings. The van der Waals surface area contributed by atoms with E-state index < -0.39 is 11.9 Å². The Morgan fingerprint density at radius 3 is 2.48 bits per heavy atom. The Morgan fingerprint density at radius 2 is 1.87 bits per heavy atom. The fraction of sp³-hybridized carbons (Fsp3) is 0.529. The van der Waals surface area contributed by atoms with Gasteiger partial charge in [-0.25, -0.2) is 0 Å². The number of hydrogen-bond donors (Lipinski definition) is 1. The number of likely N-dealkylation sites (tertiary alicyclic amines) is 1. The van der Waals surface area contributed by atoms with Crippen LogP contribution in [0.2, 0.25) is 0 Å². The highest BCUT2D eigenvalue weighted by Gasteiger charge is 2.32. The molecule has 126 valence electrons. The van der Waals surface area contributed by atoms with Gasteiger partial charge in [-0.3, -0.25) is 9.59 Å². The number of methoxy groups -OCH3 is 1. The number of rotatable bonds is 6. The van der Waals surface area contributed by atoms with E-state index in [1.165, 1.54) is 0 Å². The molecule has 23 heavy (non-hydrogen) atoms. The number of carbonyl (C=O) groups is 2. The third kappa shape index (κ3) is 4.61. The van der Waals surface area contributed by atoms with Crippen LogP contribution < -0.4 is 9.47 Å². The van der Waals surface area contributed by atoms with E-state index in [4.69, 9.17) is 14.6 Å². The maximum atomic E-state index is 12.3. The van der Waals surface area contributed by atoms with Crippen LogP contribution in [-0.2, 0) is 9.59 Å². The summed E-state index contributed by atoms with van der Waals surface area (Å²) in [4.78, 5) is 25.1. The summed E-state index contributed by atoms with van der Waals surface area (Å²) in [5.74, 6) is 0.0720. The number of carbonyl (C=O) groups excluding carboxylic acids is 1. The minimum absolute atomic E-state index is 0.0584. The van der Waals surface area contributed by atoms with E-state index >= 15 is 0 Å². The van der Waals surface area contributed by atoms with Gasteiger partial charge in [0, 0.05) is 12.6 Å². The zero-order chi connectivity index (χ0) is 16.8. The van der Waals surface area contributed by atoms with Crippen molar-refractivity contribution in [1.29, 1.82) is 0 Å². The van der Waals surface area contributed by atoms with Gasteiger partial charge < -0.3 is 19.5 Å². The topological polar surface area (TPSA) is 76.1 Å². The van der Waals surface area contributed by atoms with Crippen molar-refractivity contribution in [3.63, 3.8) is 0 Å². The van der Waals surface area contributed by atoms with Gasteiger partial charge in [0.1, 0.15) is 11.5 Å². The molecule has 1 amide bonds. The average Bonchev–Trinajstić information content (AvgIpc) is 2.55. The first-order chi connectivity index (χ1) is 11.0. The summed E-state index contributed by atoms with van der Waals surface area (Å²) >= 11 is 0. The molecule has 1 fully saturated rings. The smallest absolute Gasteiger partial charge is 0.308 e. The van der Waals surface area contributed by atoms with Crippen LogP contribution >= 0.6 is 0 Å². The molecule has 0 radical (unpaired) electrons. The van der Waals surface area contributed by atoms with Gasteiger partial charge in [0.25, 0.3) is 0 Å². The molecule has 0 aliphatic carbocycles. The van der Waals surface area contributed by atoms with E-state index in [1.54, 1.807) is 36.3 Å². The van der Waals surface area contributed by atoms with Crippen LogP contribution in [0, 0.1) is 5.92 Å². The molecule has 0 saturated carbocycles. The highest BCUT2D eigenvalue weighted by molar-refractivity contribution is 5.78. The van der Waals surface area contributed by atoms with Crippen LogP contribution in [0.15, 0.2) is 24.3 Å². The van der Waals surface area contributed by atoms with Crippen molar-refractivity contribution in [3.05, 3.63) is 24.3 Å². The number of amides is 1. The first-order valence-electron chi connectivity index (χ1n) is 7.80. The second-order valence-electron chi connectivity index (χ2n) is 5.78. The molecule has 6 nitrogen and oxygen atoms in total. The van der Waals surface area contributed by atoms with Crippen molar-refractivity contribution in [2.75, 3.05) is 20.3 Å². The summed E-state index contributed by atoms with van der Waals surface area (Å²) in [7, 11) is 1.60. The van der Waals surface area contributed by atoms with Gasteiger partial charge in [-0.15, -0.1) is 0 Å². The summed E-state index contributed by atoms with van der Waals surface area (Å²) in [6.45, 7) is 2.52. The number of carboxylic acid groups (broad SMARTS) is 1. The van der Waals surface area contributed by atoms with Crippen molar-refractivity contribution < 1.29 is 24.2 Å². The first kappa shape index (κ1) is 17.1. The predicted octanol–water partition coefficient (Wildman–Crippen LogP) is 2.18. The fourth-order valence-corrected chi connectivity index (χ4v) is 2.73. The maximum absolute atomic E-state index is 12.3. The molecule has 6 heteroatoms. The Labute approximate surface area is 136 Å². The van der Waals surface area contributed by atoms with E-state index in [0.29, 0.717) is 12.2 Å². The SMILES string of the molecule is COc1ccc(OCCC(=O)N2CC(C(=O)O)CCC2C)cc1. The Kier molecular flexibility index (Phi) is 5.84. The zero-order valence-corrected chi connectivity index (χ0v) is 13.5. The van der Waals surface area contributed by atoms with Gasteiger partial charge in [-0.05, 0) is 44.0 Å². The Hall–Kier alpha value is -2.24. The number of piperidine rings is 1. The summed E-state index contributed by atoms with van der Waals surface area (Å²) < 4.78 is 10.6. The second kappa shape index (κ2) is 7.85. The van der Waals surface area contributed by atoms with E-state index in [2.05, 4.69) is 0 Å². The monoisotopic (exact) mass is 321 g/mol. The third-order valence-electron chi connectivity index (χ3n) is 4.20. The van der Waals surface area contributed by atoms with Crippen molar-refractivity contribution >= 4 is 11.9 Å². The molecule has 2 rings (SSSR count). The first-order valence-corrected chi connectivity index (χ1v) is 7.80. The average molecular weight is 321 g/mol. The molecule has 1 aliphatic rings. The van der Waals surface area contributed by atoms with Gasteiger partial charge >= 0.3 is 5.97 Å². The Morgan fingerprint density at radius 1 is 1.22 bits per heavy atom. The molecule has 1 saturated heterocycles. The Bertz CT molecular complexity index is 542. The van der Waals surface area contributed by atoms with Crippen molar-refractivity contribution in [2.24, 2.45) is 5.92 Å². The minimum Gasteiger partial charge on any atom is -0.497 e. The largest absolute Gasteiger partial charge is 0.497 e. The van der Waals surface area contributed by atoms with Crippen LogP contribution in [0.4, 0.5) is 0 Å². The minimum atomic E-state index is -0.829. The van der Waals surface area contributed by atoms with E-state index in [9.17, 15) is 9.59 Å². The molecular formula is C17H23NO5. The van der Waals surface area contributed by atoms with Crippen molar-refractivity contribution in [2.45, 2.75) is 32.2 Å². The second-order valence-corrected chi connectivity index (χ2v) is 5.78. The number of carboxylic acids is 1. The maximum Gasteiger partial charge on any atom is 0.308 e. The van der Waals surface area contributed by atoms with Crippen LogP contribution in [0.25, 0.3) is 0 Å². The third-order valence-corrected chi connectivity index (χ3v) is 4.20. The molecule has 1 N–H and O–H groups in total. The summed E-state index contributed by atoms with van der Waals surface area (Å²) in [6.07, 6.45) is 1.59. The number of benzene rings is 1. The quantitative estimate of drug-likeness (QED) is 0.869. The lowest BCUT2D eigenvalue weighted by atomic mass is 9.93. The van der Waals surface area contributed by atoms with Crippen LogP contribution in [-0.4, -0.2) is 48.2 Å². The molecule has 2 unspecified atom stereocenters. The lowest BCUT2D eigenvalue weighted by Gasteiger charge is -2.36. The van der Waals surface area contributed by atoms with Crippen LogP contribution in [0.3, 0.4) is 0 Å². The lowest BCUT2D eigenvalue weighted by Crippen LogP contribution is -2.47. The highest BCUT2D eigenvalue weighted by Crippen LogP contribution is 2.23. The summed E-state index contributed by atoms with van der Waals surface area (Å²) in [5, 5.41) is 9.12. The van der Waals surface area contributed by atoms with Gasteiger partial charge in [-0.2, -0.15) is 0 Å². The molecule has 0 bridgehead atoms. The standard InChI is InChI=1S/C17H23NO5/c1-12-3-4-13(17(20)21)11-18(12)16(19)9-10-23-15-7-5-14(22-2)6-8-15/h5-8,12-13H,3-4,9-11H2,1-2H3,(H,20,21). The molecule has 1 aromatic carbocycles. The van der Waals surface area contributed by atoms with Gasteiger partial charge in [-0.1, -0.05) is 0 Å². The van der Waals surface area contributed by atoms with Crippen molar-refractivity contribution in [1.82, 2.24) is 4.90 Å². The van der Waals surface area contributed by atoms with E-state index in [1.807, 2.05) is 6.92 Å². The van der Waals surface area contributed by atoms with E-state index in [0.717, 1.165) is 12.2 Å². The molecule has 0 aromatic heterocycles. The normalized spacial score (nSPS) is 20.9. The van der Waals surface area contributed by atoms with Gasteiger partial charge in [0.05, 0.1) is 26.1 Å². The number of hydrogen-bond acceptors (Lipinski definition) is 4. The molecule has 1 heterocycles. The van der Waals surface area contributed by atoms with E-state index in [-0.39, 0.29) is 31.5 Å². The number of ether oxygens (including phenoxy) is 2. The summed E-state index contributed by atoms with van der Waals surface area (Å²) in [6, 6.07) is 7.24. The molecule has 0 spiro atoms. The number of aliphatic carboxylic acids is 1.